The number of carbonyl (C=O) groups is 2. The molecule has 0 aliphatic heterocycles. The zero-order valence-electron chi connectivity index (χ0n) is 9.29. The molecule has 0 spiro atoms. The third kappa shape index (κ3) is 4.83. The molecule has 1 aromatic carbocycles. The maximum absolute atomic E-state index is 11.4. The van der Waals surface area contributed by atoms with E-state index in [2.05, 4.69) is 5.32 Å². The highest BCUT2D eigenvalue weighted by Crippen LogP contribution is 2.15. The van der Waals surface area contributed by atoms with Crippen LogP contribution >= 0.6 is 11.8 Å². The van der Waals surface area contributed by atoms with Gasteiger partial charge in [0.1, 0.15) is 0 Å². The molecule has 1 aromatic rings. The lowest BCUT2D eigenvalue weighted by molar-refractivity contribution is -0.384. The molecule has 0 fully saturated rings. The second-order valence-electron chi connectivity index (χ2n) is 3.31. The molecule has 0 bridgehead atoms. The zero-order valence-corrected chi connectivity index (χ0v) is 10.1. The van der Waals surface area contributed by atoms with E-state index in [0.29, 0.717) is 5.69 Å². The van der Waals surface area contributed by atoms with E-state index >= 15 is 0 Å². The summed E-state index contributed by atoms with van der Waals surface area (Å²) < 4.78 is 0. The first kappa shape index (κ1) is 14.0. The monoisotopic (exact) mass is 269 g/mol. The highest BCUT2D eigenvalue weighted by Gasteiger charge is 2.07. The van der Waals surface area contributed by atoms with Gasteiger partial charge in [0.05, 0.1) is 16.4 Å². The molecule has 2 amide bonds. The van der Waals surface area contributed by atoms with Gasteiger partial charge in [-0.15, -0.1) is 11.8 Å². The summed E-state index contributed by atoms with van der Waals surface area (Å²) in [7, 11) is 0. The fourth-order valence-electron chi connectivity index (χ4n) is 1.11. The first-order valence-electron chi connectivity index (χ1n) is 4.89. The lowest BCUT2D eigenvalue weighted by Crippen LogP contribution is -2.18. The van der Waals surface area contributed by atoms with Gasteiger partial charge < -0.3 is 11.1 Å². The van der Waals surface area contributed by atoms with Crippen LogP contribution in [-0.2, 0) is 9.59 Å². The second kappa shape index (κ2) is 6.60. The topological polar surface area (TPSA) is 115 Å². The van der Waals surface area contributed by atoms with Crippen LogP contribution in [0.5, 0.6) is 0 Å². The Morgan fingerprint density at radius 3 is 2.39 bits per heavy atom. The lowest BCUT2D eigenvalue weighted by Gasteiger charge is -2.03. The number of thioether (sulfide) groups is 1. The molecule has 0 saturated heterocycles. The van der Waals surface area contributed by atoms with E-state index in [-0.39, 0.29) is 23.1 Å². The number of hydrogen-bond acceptors (Lipinski definition) is 5. The number of carbonyl (C=O) groups excluding carboxylic acids is 2. The number of amides is 2. The van der Waals surface area contributed by atoms with Crippen LogP contribution in [0.25, 0.3) is 0 Å². The molecule has 0 heterocycles. The predicted octanol–water partition coefficient (Wildman–Crippen LogP) is 0.752. The summed E-state index contributed by atoms with van der Waals surface area (Å²) in [5, 5.41) is 13.0. The number of nitro groups is 1. The van der Waals surface area contributed by atoms with E-state index < -0.39 is 10.8 Å². The Hall–Kier alpha value is -2.09. The van der Waals surface area contributed by atoms with Crippen LogP contribution in [0, 0.1) is 10.1 Å². The van der Waals surface area contributed by atoms with Gasteiger partial charge in [-0.25, -0.2) is 0 Å². The van der Waals surface area contributed by atoms with Crippen LogP contribution < -0.4 is 11.1 Å². The van der Waals surface area contributed by atoms with Gasteiger partial charge in [-0.3, -0.25) is 19.7 Å². The molecule has 7 nitrogen and oxygen atoms in total. The van der Waals surface area contributed by atoms with Crippen molar-refractivity contribution in [2.45, 2.75) is 0 Å². The minimum Gasteiger partial charge on any atom is -0.369 e. The number of nitro benzene ring substituents is 1. The molecule has 3 N–H and O–H groups in total. The van der Waals surface area contributed by atoms with Crippen molar-refractivity contribution in [3.05, 3.63) is 34.4 Å². The largest absolute Gasteiger partial charge is 0.369 e. The van der Waals surface area contributed by atoms with E-state index in [0.717, 1.165) is 11.8 Å². The number of hydrogen-bond donors (Lipinski definition) is 2. The molecule has 0 aromatic heterocycles. The Morgan fingerprint density at radius 2 is 1.89 bits per heavy atom. The highest BCUT2D eigenvalue weighted by atomic mass is 32.2. The number of anilines is 1. The van der Waals surface area contributed by atoms with Crippen molar-refractivity contribution < 1.29 is 14.5 Å². The maximum atomic E-state index is 11.4. The normalized spacial score (nSPS) is 9.78. The number of nitrogens with two attached hydrogens (primary N) is 1. The Balaban J connectivity index is 2.44. The molecule has 0 aliphatic carbocycles. The molecule has 96 valence electrons. The third-order valence-corrected chi connectivity index (χ3v) is 2.79. The second-order valence-corrected chi connectivity index (χ2v) is 4.30. The number of rotatable bonds is 6. The van der Waals surface area contributed by atoms with E-state index in [1.54, 1.807) is 0 Å². The van der Waals surface area contributed by atoms with Crippen molar-refractivity contribution in [3.63, 3.8) is 0 Å². The molecule has 0 aliphatic rings. The molecule has 18 heavy (non-hydrogen) atoms. The van der Waals surface area contributed by atoms with Crippen molar-refractivity contribution in [2.75, 3.05) is 16.8 Å². The van der Waals surface area contributed by atoms with Gasteiger partial charge in [-0.1, -0.05) is 0 Å². The average molecular weight is 269 g/mol. The first-order valence-corrected chi connectivity index (χ1v) is 6.05. The summed E-state index contributed by atoms with van der Waals surface area (Å²) in [6.07, 6.45) is 0. The quantitative estimate of drug-likeness (QED) is 0.584. The van der Waals surface area contributed by atoms with Gasteiger partial charge in [-0.05, 0) is 12.1 Å². The van der Waals surface area contributed by atoms with Crippen molar-refractivity contribution >= 4 is 35.0 Å². The van der Waals surface area contributed by atoms with Crippen LogP contribution in [-0.4, -0.2) is 28.2 Å². The highest BCUT2D eigenvalue weighted by molar-refractivity contribution is 8.00. The zero-order chi connectivity index (χ0) is 13.5. The van der Waals surface area contributed by atoms with Crippen LogP contribution in [0.1, 0.15) is 0 Å². The molecule has 8 heteroatoms. The Bertz CT molecular complexity index is 461. The number of nitrogens with one attached hydrogen (secondary N) is 1. The first-order chi connectivity index (χ1) is 8.49. The molecule has 1 rings (SSSR count). The summed E-state index contributed by atoms with van der Waals surface area (Å²) in [6.45, 7) is 0. The smallest absolute Gasteiger partial charge is 0.269 e. The van der Waals surface area contributed by atoms with Gasteiger partial charge in [0.25, 0.3) is 5.69 Å². The number of non-ortho nitro benzene ring substituents is 1. The number of nitrogens with zero attached hydrogens (tertiary/aromatic N) is 1. The fraction of sp³-hybridized carbons (Fsp3) is 0.200. The van der Waals surface area contributed by atoms with Crippen molar-refractivity contribution in [1.82, 2.24) is 0 Å². The van der Waals surface area contributed by atoms with E-state index in [1.807, 2.05) is 0 Å². The van der Waals surface area contributed by atoms with Gasteiger partial charge in [0, 0.05) is 17.8 Å². The third-order valence-electron chi connectivity index (χ3n) is 1.84. The molecule has 0 atom stereocenters. The number of benzene rings is 1. The van der Waals surface area contributed by atoms with Crippen LogP contribution in [0.2, 0.25) is 0 Å². The predicted molar refractivity (Wildman–Crippen MR) is 68.2 cm³/mol. The molecular formula is C10H11N3O4S. The standard InChI is InChI=1S/C10H11N3O4S/c11-9(14)5-18-6-10(15)12-7-1-3-8(4-2-7)13(16)17/h1-4H,5-6H2,(H2,11,14)(H,12,15). The number of primary amides is 1. The van der Waals surface area contributed by atoms with Gasteiger partial charge in [-0.2, -0.15) is 0 Å². The summed E-state index contributed by atoms with van der Waals surface area (Å²) in [4.78, 5) is 31.7. The molecule has 0 unspecified atom stereocenters. The molecular weight excluding hydrogens is 258 g/mol. The molecule has 0 saturated carbocycles. The SMILES string of the molecule is NC(=O)CSCC(=O)Nc1ccc([N+](=O)[O-])cc1. The van der Waals surface area contributed by atoms with Crippen molar-refractivity contribution in [1.29, 1.82) is 0 Å². The Morgan fingerprint density at radius 1 is 1.28 bits per heavy atom. The van der Waals surface area contributed by atoms with Crippen LogP contribution in [0.4, 0.5) is 11.4 Å². The molecule has 0 radical (unpaired) electrons. The summed E-state index contributed by atoms with van der Waals surface area (Å²) in [5.41, 5.74) is 5.34. The summed E-state index contributed by atoms with van der Waals surface area (Å²) in [6, 6.07) is 5.47. The average Bonchev–Trinajstić information content (AvgIpc) is 2.29. The summed E-state index contributed by atoms with van der Waals surface area (Å²) >= 11 is 1.10. The fourth-order valence-corrected chi connectivity index (χ4v) is 1.67. The lowest BCUT2D eigenvalue weighted by atomic mass is 10.3. The maximum Gasteiger partial charge on any atom is 0.269 e. The van der Waals surface area contributed by atoms with E-state index in [1.165, 1.54) is 24.3 Å². The van der Waals surface area contributed by atoms with Crippen molar-refractivity contribution in [3.8, 4) is 0 Å². The van der Waals surface area contributed by atoms with Gasteiger partial charge >= 0.3 is 0 Å². The van der Waals surface area contributed by atoms with E-state index in [4.69, 9.17) is 5.73 Å². The van der Waals surface area contributed by atoms with Gasteiger partial charge in [0.2, 0.25) is 11.8 Å². The minimum absolute atomic E-state index is 0.0453. The van der Waals surface area contributed by atoms with Crippen molar-refractivity contribution in [2.24, 2.45) is 5.73 Å². The minimum atomic E-state index is -0.520. The van der Waals surface area contributed by atoms with Crippen LogP contribution in [0.15, 0.2) is 24.3 Å². The Kier molecular flexibility index (Phi) is 5.12. The van der Waals surface area contributed by atoms with Gasteiger partial charge in [0.15, 0.2) is 0 Å². The summed E-state index contributed by atoms with van der Waals surface area (Å²) in [5.74, 6) is -0.605. The van der Waals surface area contributed by atoms with Crippen LogP contribution in [0.3, 0.4) is 0 Å². The Labute approximate surface area is 107 Å². The van der Waals surface area contributed by atoms with E-state index in [9.17, 15) is 19.7 Å².